The van der Waals surface area contributed by atoms with Crippen molar-refractivity contribution in [3.63, 3.8) is 0 Å². The highest BCUT2D eigenvalue weighted by atomic mass is 32.2. The van der Waals surface area contributed by atoms with Gasteiger partial charge in [0.2, 0.25) is 15.9 Å². The van der Waals surface area contributed by atoms with Crippen molar-refractivity contribution in [2.45, 2.75) is 44.0 Å². The van der Waals surface area contributed by atoms with Gasteiger partial charge in [0.15, 0.2) is 0 Å². The minimum atomic E-state index is -3.54. The van der Waals surface area contributed by atoms with Crippen LogP contribution in [0.25, 0.3) is 0 Å². The van der Waals surface area contributed by atoms with Gasteiger partial charge in [0.25, 0.3) is 0 Å². The van der Waals surface area contributed by atoms with Gasteiger partial charge in [-0.05, 0) is 38.3 Å². The van der Waals surface area contributed by atoms with E-state index in [-0.39, 0.29) is 16.8 Å². The summed E-state index contributed by atoms with van der Waals surface area (Å²) in [5.41, 5.74) is 0.721. The van der Waals surface area contributed by atoms with Crippen LogP contribution in [0.3, 0.4) is 0 Å². The van der Waals surface area contributed by atoms with E-state index >= 15 is 0 Å². The second-order valence-corrected chi connectivity index (χ2v) is 7.53. The molecule has 0 unspecified atom stereocenters. The maximum atomic E-state index is 12.4. The molecule has 5 nitrogen and oxygen atoms in total. The molecule has 126 valence electrons. The molecule has 1 aromatic carbocycles. The van der Waals surface area contributed by atoms with Crippen molar-refractivity contribution in [2.24, 2.45) is 0 Å². The summed E-state index contributed by atoms with van der Waals surface area (Å²) in [6.45, 7) is 4.89. The van der Waals surface area contributed by atoms with Crippen molar-refractivity contribution in [1.82, 2.24) is 9.62 Å². The van der Waals surface area contributed by atoms with Gasteiger partial charge in [-0.15, -0.1) is 0 Å². The van der Waals surface area contributed by atoms with Crippen molar-refractivity contribution >= 4 is 15.9 Å². The van der Waals surface area contributed by atoms with Gasteiger partial charge in [0.1, 0.15) is 0 Å². The number of carbonyl (C=O) groups is 1. The average Bonchev–Trinajstić information content (AvgIpc) is 2.55. The maximum Gasteiger partial charge on any atom is 0.249 e. The predicted octanol–water partition coefficient (Wildman–Crippen LogP) is 2.31. The molecule has 6 heteroatoms. The number of piperidine rings is 1. The highest BCUT2D eigenvalue weighted by Gasteiger charge is 2.27. The molecule has 0 aliphatic carbocycles. The normalized spacial score (nSPS) is 19.7. The van der Waals surface area contributed by atoms with E-state index in [1.165, 1.54) is 0 Å². The van der Waals surface area contributed by atoms with Crippen LogP contribution >= 0.6 is 0 Å². The Balaban J connectivity index is 2.05. The average molecular weight is 336 g/mol. The van der Waals surface area contributed by atoms with Crippen molar-refractivity contribution in [1.29, 1.82) is 0 Å². The fourth-order valence-electron chi connectivity index (χ4n) is 2.79. The summed E-state index contributed by atoms with van der Waals surface area (Å²) in [7, 11) is -3.54. The number of likely N-dealkylation sites (tertiary alicyclic amines) is 1. The second-order valence-electron chi connectivity index (χ2n) is 5.82. The van der Waals surface area contributed by atoms with Crippen LogP contribution in [0.1, 0.15) is 33.1 Å². The van der Waals surface area contributed by atoms with E-state index in [4.69, 9.17) is 0 Å². The van der Waals surface area contributed by atoms with E-state index < -0.39 is 10.0 Å². The van der Waals surface area contributed by atoms with Crippen molar-refractivity contribution in [2.75, 3.05) is 13.1 Å². The van der Waals surface area contributed by atoms with Crippen LogP contribution in [-0.4, -0.2) is 38.4 Å². The molecule has 1 N–H and O–H groups in total. The van der Waals surface area contributed by atoms with Crippen molar-refractivity contribution < 1.29 is 13.2 Å². The van der Waals surface area contributed by atoms with Gasteiger partial charge < -0.3 is 4.90 Å². The molecule has 1 aliphatic heterocycles. The third kappa shape index (κ3) is 4.65. The van der Waals surface area contributed by atoms with E-state index in [9.17, 15) is 13.2 Å². The molecular formula is C17H24N2O3S. The van der Waals surface area contributed by atoms with Gasteiger partial charge in [-0.2, -0.15) is 0 Å². The van der Waals surface area contributed by atoms with E-state index in [1.807, 2.05) is 19.9 Å². The van der Waals surface area contributed by atoms with Gasteiger partial charge in [-0.1, -0.05) is 31.2 Å². The number of sulfonamides is 1. The number of amides is 1. The fourth-order valence-corrected chi connectivity index (χ4v) is 4.07. The molecule has 0 spiro atoms. The lowest BCUT2D eigenvalue weighted by molar-refractivity contribution is -0.128. The minimum absolute atomic E-state index is 0.00420. The highest BCUT2D eigenvalue weighted by Crippen LogP contribution is 2.16. The molecule has 1 aromatic rings. The molecule has 1 amide bonds. The molecule has 1 aliphatic rings. The second kappa shape index (κ2) is 7.75. The number of nitrogens with zero attached hydrogens (tertiary/aromatic N) is 1. The monoisotopic (exact) mass is 336 g/mol. The summed E-state index contributed by atoms with van der Waals surface area (Å²) in [6, 6.07) is 8.08. The topological polar surface area (TPSA) is 66.5 Å². The first-order valence-corrected chi connectivity index (χ1v) is 9.45. The zero-order chi connectivity index (χ0) is 16.9. The van der Waals surface area contributed by atoms with Crippen LogP contribution < -0.4 is 4.72 Å². The molecule has 0 radical (unpaired) electrons. The largest absolute Gasteiger partial charge is 0.337 e. The van der Waals surface area contributed by atoms with Crippen LogP contribution in [0.15, 0.2) is 46.9 Å². The Labute approximate surface area is 138 Å². The quantitative estimate of drug-likeness (QED) is 0.839. The van der Waals surface area contributed by atoms with Crippen LogP contribution in [0, 0.1) is 0 Å². The van der Waals surface area contributed by atoms with E-state index in [2.05, 4.69) is 4.72 Å². The number of carbonyl (C=O) groups excluding carboxylic acids is 1. The summed E-state index contributed by atoms with van der Waals surface area (Å²) in [5, 5.41) is 0. The smallest absolute Gasteiger partial charge is 0.249 e. The molecule has 0 saturated carbocycles. The van der Waals surface area contributed by atoms with Crippen LogP contribution in [0.5, 0.6) is 0 Å². The molecule has 0 bridgehead atoms. The lowest BCUT2D eigenvalue weighted by Gasteiger charge is -2.33. The zero-order valence-electron chi connectivity index (χ0n) is 13.7. The number of nitrogens with one attached hydrogen (secondary N) is 1. The van der Waals surface area contributed by atoms with Crippen LogP contribution in [0.2, 0.25) is 0 Å². The van der Waals surface area contributed by atoms with E-state index in [1.54, 1.807) is 35.2 Å². The molecule has 0 aromatic heterocycles. The highest BCUT2D eigenvalue weighted by molar-refractivity contribution is 7.89. The lowest BCUT2D eigenvalue weighted by atomic mass is 10.1. The first-order valence-electron chi connectivity index (χ1n) is 7.97. The van der Waals surface area contributed by atoms with Gasteiger partial charge in [0, 0.05) is 24.7 Å². The zero-order valence-corrected chi connectivity index (χ0v) is 14.5. The van der Waals surface area contributed by atoms with Crippen molar-refractivity contribution in [3.05, 3.63) is 42.0 Å². The summed E-state index contributed by atoms with van der Waals surface area (Å²) in [4.78, 5) is 14.3. The lowest BCUT2D eigenvalue weighted by Crippen LogP contribution is -2.49. The Morgan fingerprint density at radius 3 is 2.70 bits per heavy atom. The first-order chi connectivity index (χ1) is 10.9. The SMILES string of the molecule is CC/C=C(/C)C(=O)N1CCC[C@H](NS(=O)(=O)c2ccccc2)C1. The third-order valence-corrected chi connectivity index (χ3v) is 5.47. The predicted molar refractivity (Wildman–Crippen MR) is 90.4 cm³/mol. The Kier molecular flexibility index (Phi) is 5.96. The number of allylic oxidation sites excluding steroid dienone is 1. The molecule has 1 fully saturated rings. The van der Waals surface area contributed by atoms with Crippen molar-refractivity contribution in [3.8, 4) is 0 Å². The first kappa shape index (κ1) is 17.7. The Morgan fingerprint density at radius 2 is 2.04 bits per heavy atom. The molecule has 1 heterocycles. The molecule has 2 rings (SSSR count). The molecule has 1 atom stereocenters. The summed E-state index contributed by atoms with van der Waals surface area (Å²) < 4.78 is 27.5. The standard InChI is InChI=1S/C17H24N2O3S/c1-3-8-14(2)17(20)19-12-7-9-15(13-19)18-23(21,22)16-10-5-4-6-11-16/h4-6,8,10-11,15,18H,3,7,9,12-13H2,1-2H3/b14-8-/t15-/m0/s1. The summed E-state index contributed by atoms with van der Waals surface area (Å²) in [5.74, 6) is -0.00420. The minimum Gasteiger partial charge on any atom is -0.337 e. The summed E-state index contributed by atoms with van der Waals surface area (Å²) in [6.07, 6.45) is 4.26. The maximum absolute atomic E-state index is 12.4. The number of benzene rings is 1. The Bertz CT molecular complexity index is 668. The molecule has 23 heavy (non-hydrogen) atoms. The van der Waals surface area contributed by atoms with Crippen LogP contribution in [-0.2, 0) is 14.8 Å². The number of rotatable bonds is 5. The number of hydrogen-bond donors (Lipinski definition) is 1. The van der Waals surface area contributed by atoms with E-state index in [0.29, 0.717) is 13.1 Å². The van der Waals surface area contributed by atoms with Gasteiger partial charge in [-0.25, -0.2) is 13.1 Å². The number of hydrogen-bond acceptors (Lipinski definition) is 3. The fraction of sp³-hybridized carbons (Fsp3) is 0.471. The third-order valence-electron chi connectivity index (χ3n) is 3.93. The van der Waals surface area contributed by atoms with E-state index in [0.717, 1.165) is 24.8 Å². The van der Waals surface area contributed by atoms with Gasteiger partial charge >= 0.3 is 0 Å². The molecular weight excluding hydrogens is 312 g/mol. The van der Waals surface area contributed by atoms with Gasteiger partial charge in [0.05, 0.1) is 4.90 Å². The summed E-state index contributed by atoms with van der Waals surface area (Å²) >= 11 is 0. The Morgan fingerprint density at radius 1 is 1.35 bits per heavy atom. The van der Waals surface area contributed by atoms with Crippen LogP contribution in [0.4, 0.5) is 0 Å². The molecule has 1 saturated heterocycles. The van der Waals surface area contributed by atoms with Gasteiger partial charge in [-0.3, -0.25) is 4.79 Å². The Hall–Kier alpha value is -1.66.